The van der Waals surface area contributed by atoms with Gasteiger partial charge in [-0.1, -0.05) is 24.3 Å². The van der Waals surface area contributed by atoms with Crippen molar-refractivity contribution in [3.63, 3.8) is 0 Å². The highest BCUT2D eigenvalue weighted by Crippen LogP contribution is 2.21. The zero-order valence-electron chi connectivity index (χ0n) is 7.66. The van der Waals surface area contributed by atoms with Crippen LogP contribution in [0.15, 0.2) is 29.4 Å². The molecule has 14 heavy (non-hydrogen) atoms. The number of nitrogens with two attached hydrogens (primary N) is 1. The molecule has 0 saturated heterocycles. The molecular formula is C10H11N3O. The lowest BCUT2D eigenvalue weighted by Crippen LogP contribution is -2.25. The molecule has 0 aliphatic heterocycles. The Morgan fingerprint density at radius 1 is 1.36 bits per heavy atom. The second-order valence-electron chi connectivity index (χ2n) is 3.19. The van der Waals surface area contributed by atoms with Crippen molar-refractivity contribution in [3.05, 3.63) is 35.4 Å². The predicted molar refractivity (Wildman–Crippen MR) is 54.0 cm³/mol. The molecular weight excluding hydrogens is 178 g/mol. The van der Waals surface area contributed by atoms with E-state index in [4.69, 9.17) is 5.73 Å². The zero-order chi connectivity index (χ0) is 9.97. The van der Waals surface area contributed by atoms with Crippen molar-refractivity contribution >= 4 is 11.7 Å². The van der Waals surface area contributed by atoms with E-state index in [0.29, 0.717) is 0 Å². The Hall–Kier alpha value is -1.84. The third kappa shape index (κ3) is 1.59. The van der Waals surface area contributed by atoms with E-state index in [1.165, 1.54) is 5.56 Å². The molecule has 72 valence electrons. The van der Waals surface area contributed by atoms with Crippen molar-refractivity contribution in [1.82, 2.24) is 5.43 Å². The van der Waals surface area contributed by atoms with Gasteiger partial charge in [0.25, 0.3) is 0 Å². The molecule has 4 heteroatoms. The normalized spacial score (nSPS) is 16.7. The van der Waals surface area contributed by atoms with Crippen molar-refractivity contribution in [3.8, 4) is 0 Å². The van der Waals surface area contributed by atoms with Gasteiger partial charge in [-0.15, -0.1) is 0 Å². The number of urea groups is 1. The highest BCUT2D eigenvalue weighted by Gasteiger charge is 2.16. The summed E-state index contributed by atoms with van der Waals surface area (Å²) in [6.07, 6.45) is 1.84. The second kappa shape index (κ2) is 3.49. The summed E-state index contributed by atoms with van der Waals surface area (Å²) in [4.78, 5) is 10.5. The minimum absolute atomic E-state index is 0.623. The van der Waals surface area contributed by atoms with Gasteiger partial charge in [0.1, 0.15) is 0 Å². The van der Waals surface area contributed by atoms with Gasteiger partial charge in [-0.2, -0.15) is 5.10 Å². The second-order valence-corrected chi connectivity index (χ2v) is 3.19. The fraction of sp³-hybridized carbons (Fsp3) is 0.200. The largest absolute Gasteiger partial charge is 0.350 e. The van der Waals surface area contributed by atoms with E-state index in [-0.39, 0.29) is 0 Å². The van der Waals surface area contributed by atoms with Crippen LogP contribution in [0.5, 0.6) is 0 Å². The fourth-order valence-electron chi connectivity index (χ4n) is 1.65. The summed E-state index contributed by atoms with van der Waals surface area (Å²) >= 11 is 0. The lowest BCUT2D eigenvalue weighted by Gasteiger charge is -1.99. The molecule has 2 amide bonds. The van der Waals surface area contributed by atoms with Gasteiger partial charge in [-0.25, -0.2) is 10.2 Å². The molecule has 0 aromatic heterocycles. The number of aryl methyl sites for hydroxylation is 1. The van der Waals surface area contributed by atoms with Crippen molar-refractivity contribution in [2.45, 2.75) is 12.8 Å². The average Bonchev–Trinajstić information content (AvgIpc) is 2.58. The molecule has 0 atom stereocenters. The fourth-order valence-corrected chi connectivity index (χ4v) is 1.65. The van der Waals surface area contributed by atoms with Gasteiger partial charge in [-0.05, 0) is 18.4 Å². The van der Waals surface area contributed by atoms with Gasteiger partial charge in [0.15, 0.2) is 0 Å². The molecule has 4 nitrogen and oxygen atoms in total. The van der Waals surface area contributed by atoms with E-state index in [1.807, 2.05) is 18.2 Å². The molecule has 2 rings (SSSR count). The first kappa shape index (κ1) is 8.74. The average molecular weight is 189 g/mol. The van der Waals surface area contributed by atoms with Gasteiger partial charge in [-0.3, -0.25) is 0 Å². The summed E-state index contributed by atoms with van der Waals surface area (Å²) in [6, 6.07) is 7.42. The van der Waals surface area contributed by atoms with Gasteiger partial charge in [0, 0.05) is 5.56 Å². The molecule has 0 bridgehead atoms. The van der Waals surface area contributed by atoms with E-state index < -0.39 is 6.03 Å². The smallest absolute Gasteiger partial charge is 0.332 e. The van der Waals surface area contributed by atoms with Gasteiger partial charge in [0.05, 0.1) is 5.71 Å². The minimum atomic E-state index is -0.623. The Balaban J connectivity index is 2.26. The SMILES string of the molecule is NC(=O)NN=C1CCc2ccccc21. The van der Waals surface area contributed by atoms with Crippen molar-refractivity contribution in [2.75, 3.05) is 0 Å². The summed E-state index contributed by atoms with van der Waals surface area (Å²) in [5.74, 6) is 0. The molecule has 0 saturated carbocycles. The maximum atomic E-state index is 10.5. The number of hydrazone groups is 1. The Labute approximate surface area is 81.8 Å². The lowest BCUT2D eigenvalue weighted by atomic mass is 10.1. The summed E-state index contributed by atoms with van der Waals surface area (Å²) in [5, 5.41) is 3.96. The van der Waals surface area contributed by atoms with Crippen LogP contribution in [0.2, 0.25) is 0 Å². The third-order valence-corrected chi connectivity index (χ3v) is 2.26. The quantitative estimate of drug-likeness (QED) is 0.636. The van der Waals surface area contributed by atoms with Crippen LogP contribution >= 0.6 is 0 Å². The molecule has 1 aliphatic carbocycles. The first-order valence-electron chi connectivity index (χ1n) is 4.47. The first-order chi connectivity index (χ1) is 6.77. The predicted octanol–water partition coefficient (Wildman–Crippen LogP) is 1.01. The first-order valence-corrected chi connectivity index (χ1v) is 4.47. The monoisotopic (exact) mass is 189 g/mol. The molecule has 0 unspecified atom stereocenters. The Morgan fingerprint density at radius 2 is 2.14 bits per heavy atom. The van der Waals surface area contributed by atoms with E-state index in [0.717, 1.165) is 24.1 Å². The van der Waals surface area contributed by atoms with Crippen molar-refractivity contribution in [2.24, 2.45) is 10.8 Å². The van der Waals surface area contributed by atoms with Crippen LogP contribution in [0.4, 0.5) is 4.79 Å². The van der Waals surface area contributed by atoms with Crippen LogP contribution in [0.3, 0.4) is 0 Å². The highest BCUT2D eigenvalue weighted by molar-refractivity contribution is 6.04. The van der Waals surface area contributed by atoms with Crippen LogP contribution in [-0.4, -0.2) is 11.7 Å². The maximum Gasteiger partial charge on any atom is 0.332 e. The third-order valence-electron chi connectivity index (χ3n) is 2.26. The van der Waals surface area contributed by atoms with E-state index in [2.05, 4.69) is 16.6 Å². The zero-order valence-corrected chi connectivity index (χ0v) is 7.66. The number of nitrogens with zero attached hydrogens (tertiary/aromatic N) is 1. The number of hydrogen-bond acceptors (Lipinski definition) is 2. The number of hydrogen-bond donors (Lipinski definition) is 2. The molecule has 0 heterocycles. The van der Waals surface area contributed by atoms with E-state index >= 15 is 0 Å². The van der Waals surface area contributed by atoms with Crippen LogP contribution in [-0.2, 0) is 6.42 Å². The topological polar surface area (TPSA) is 67.5 Å². The van der Waals surface area contributed by atoms with Crippen molar-refractivity contribution in [1.29, 1.82) is 0 Å². The lowest BCUT2D eigenvalue weighted by molar-refractivity contribution is 0.249. The highest BCUT2D eigenvalue weighted by atomic mass is 16.2. The van der Waals surface area contributed by atoms with Crippen LogP contribution in [0, 0.1) is 0 Å². The number of amides is 2. The molecule has 0 radical (unpaired) electrons. The molecule has 0 spiro atoms. The Morgan fingerprint density at radius 3 is 2.93 bits per heavy atom. The molecule has 1 aliphatic rings. The molecule has 3 N–H and O–H groups in total. The molecule has 1 aromatic rings. The van der Waals surface area contributed by atoms with E-state index in [1.54, 1.807) is 0 Å². The summed E-state index contributed by atoms with van der Waals surface area (Å²) in [6.45, 7) is 0. The van der Waals surface area contributed by atoms with Crippen LogP contribution in [0.1, 0.15) is 17.5 Å². The molecule has 0 fully saturated rings. The van der Waals surface area contributed by atoms with Gasteiger partial charge < -0.3 is 5.73 Å². The van der Waals surface area contributed by atoms with Crippen molar-refractivity contribution < 1.29 is 4.79 Å². The number of fused-ring (bicyclic) bond motifs is 1. The number of carbonyl (C=O) groups is 1. The Bertz CT molecular complexity index is 398. The van der Waals surface area contributed by atoms with Gasteiger partial charge >= 0.3 is 6.03 Å². The summed E-state index contributed by atoms with van der Waals surface area (Å²) in [5.41, 5.74) is 10.5. The number of carbonyl (C=O) groups excluding carboxylic acids is 1. The number of rotatable bonds is 1. The minimum Gasteiger partial charge on any atom is -0.350 e. The van der Waals surface area contributed by atoms with E-state index in [9.17, 15) is 4.79 Å². The maximum absolute atomic E-state index is 10.5. The van der Waals surface area contributed by atoms with Crippen LogP contribution in [0.25, 0.3) is 0 Å². The standard InChI is InChI=1S/C10H11N3O/c11-10(14)13-12-9-6-5-7-3-1-2-4-8(7)9/h1-4H,5-6H2,(H3,11,13,14). The Kier molecular flexibility index (Phi) is 2.18. The van der Waals surface area contributed by atoms with Crippen LogP contribution < -0.4 is 11.2 Å². The molecule has 1 aromatic carbocycles. The number of benzene rings is 1. The number of nitrogens with one attached hydrogen (secondary N) is 1. The summed E-state index contributed by atoms with van der Waals surface area (Å²) in [7, 11) is 0. The number of primary amides is 1. The van der Waals surface area contributed by atoms with Gasteiger partial charge in [0.2, 0.25) is 0 Å². The summed E-state index contributed by atoms with van der Waals surface area (Å²) < 4.78 is 0.